The first-order valence-electron chi connectivity index (χ1n) is 8.87. The number of methoxy groups -OCH3 is 1. The fourth-order valence-electron chi connectivity index (χ4n) is 3.38. The Labute approximate surface area is 148 Å². The third-order valence-corrected chi connectivity index (χ3v) is 5.16. The maximum atomic E-state index is 12.4. The fraction of sp³-hybridized carbons (Fsp3) is 0.579. The summed E-state index contributed by atoms with van der Waals surface area (Å²) in [5.41, 5.74) is 1.58. The van der Waals surface area contributed by atoms with Crippen molar-refractivity contribution in [3.63, 3.8) is 0 Å². The van der Waals surface area contributed by atoms with Crippen LogP contribution in [0.1, 0.15) is 41.6 Å². The van der Waals surface area contributed by atoms with Crippen LogP contribution in [0.5, 0.6) is 5.75 Å². The van der Waals surface area contributed by atoms with Gasteiger partial charge in [-0.2, -0.15) is 0 Å². The average Bonchev–Trinajstić information content (AvgIpc) is 3.33. The minimum Gasteiger partial charge on any atom is -0.496 e. The summed E-state index contributed by atoms with van der Waals surface area (Å²) in [4.78, 5) is 25.5. The van der Waals surface area contributed by atoms with Gasteiger partial charge in [0.2, 0.25) is 0 Å². The van der Waals surface area contributed by atoms with Gasteiger partial charge in [-0.15, -0.1) is 0 Å². The zero-order valence-electron chi connectivity index (χ0n) is 14.8. The molecule has 2 aliphatic carbocycles. The van der Waals surface area contributed by atoms with E-state index in [1.807, 2.05) is 13.0 Å². The van der Waals surface area contributed by atoms with Gasteiger partial charge >= 0.3 is 5.97 Å². The van der Waals surface area contributed by atoms with Crippen LogP contribution in [-0.2, 0) is 4.79 Å². The standard InChI is InChI=1S/C19H26N2O4/c1-12-3-6-14(7-17(12)25-2)19(24)20-15-8-16(9-15)21(11-18(22)23)10-13-4-5-13/h3,6-7,13,15-16H,4-5,8-11H2,1-2H3,(H,20,24)(H,22,23). The second-order valence-electron chi connectivity index (χ2n) is 7.25. The molecule has 3 rings (SSSR count). The lowest BCUT2D eigenvalue weighted by Gasteiger charge is -2.42. The predicted molar refractivity (Wildman–Crippen MR) is 93.9 cm³/mol. The average molecular weight is 346 g/mol. The molecule has 2 N–H and O–H groups in total. The van der Waals surface area contributed by atoms with Crippen molar-refractivity contribution in [2.24, 2.45) is 5.92 Å². The molecular formula is C19H26N2O4. The Balaban J connectivity index is 1.51. The number of hydrogen-bond donors (Lipinski definition) is 2. The second kappa shape index (κ2) is 7.44. The van der Waals surface area contributed by atoms with Gasteiger partial charge in [0, 0.05) is 24.2 Å². The predicted octanol–water partition coefficient (Wildman–Crippen LogP) is 2.06. The highest BCUT2D eigenvalue weighted by Crippen LogP contribution is 2.34. The van der Waals surface area contributed by atoms with Crippen LogP contribution in [0.3, 0.4) is 0 Å². The van der Waals surface area contributed by atoms with Crippen molar-refractivity contribution in [2.45, 2.75) is 44.7 Å². The number of carboxylic acid groups (broad SMARTS) is 1. The number of ether oxygens (including phenoxy) is 1. The molecule has 2 fully saturated rings. The lowest BCUT2D eigenvalue weighted by Crippen LogP contribution is -2.55. The van der Waals surface area contributed by atoms with E-state index in [-0.39, 0.29) is 24.5 Å². The van der Waals surface area contributed by atoms with Crippen molar-refractivity contribution in [2.75, 3.05) is 20.2 Å². The Bertz CT molecular complexity index is 651. The minimum absolute atomic E-state index is 0.0942. The van der Waals surface area contributed by atoms with E-state index >= 15 is 0 Å². The van der Waals surface area contributed by atoms with Crippen LogP contribution in [0.25, 0.3) is 0 Å². The Morgan fingerprint density at radius 2 is 2.04 bits per heavy atom. The fourth-order valence-corrected chi connectivity index (χ4v) is 3.38. The Morgan fingerprint density at radius 1 is 1.32 bits per heavy atom. The number of carboxylic acids is 1. The van der Waals surface area contributed by atoms with Gasteiger partial charge in [-0.25, -0.2) is 0 Å². The molecule has 6 nitrogen and oxygen atoms in total. The highest BCUT2D eigenvalue weighted by Gasteiger charge is 2.37. The first-order valence-corrected chi connectivity index (χ1v) is 8.87. The van der Waals surface area contributed by atoms with Gasteiger partial charge in [-0.1, -0.05) is 6.07 Å². The van der Waals surface area contributed by atoms with Crippen molar-refractivity contribution >= 4 is 11.9 Å². The molecule has 6 heteroatoms. The number of rotatable bonds is 8. The molecule has 1 aromatic rings. The number of nitrogens with one attached hydrogen (secondary N) is 1. The highest BCUT2D eigenvalue weighted by atomic mass is 16.5. The number of carbonyl (C=O) groups is 2. The van der Waals surface area contributed by atoms with Crippen LogP contribution in [0.2, 0.25) is 0 Å². The van der Waals surface area contributed by atoms with Crippen LogP contribution in [0.15, 0.2) is 18.2 Å². The number of benzene rings is 1. The maximum absolute atomic E-state index is 12.4. The molecule has 0 heterocycles. The van der Waals surface area contributed by atoms with Gasteiger partial charge in [0.15, 0.2) is 0 Å². The molecule has 1 aromatic carbocycles. The number of aliphatic carboxylic acids is 1. The summed E-state index contributed by atoms with van der Waals surface area (Å²) >= 11 is 0. The normalized spacial score (nSPS) is 22.4. The van der Waals surface area contributed by atoms with Gasteiger partial charge in [-0.3, -0.25) is 14.5 Å². The Kier molecular flexibility index (Phi) is 5.27. The highest BCUT2D eigenvalue weighted by molar-refractivity contribution is 5.95. The van der Waals surface area contributed by atoms with Gasteiger partial charge in [-0.05, 0) is 56.2 Å². The van der Waals surface area contributed by atoms with E-state index in [9.17, 15) is 9.59 Å². The van der Waals surface area contributed by atoms with Crippen LogP contribution in [0.4, 0.5) is 0 Å². The number of carbonyl (C=O) groups excluding carboxylic acids is 1. The van der Waals surface area contributed by atoms with Gasteiger partial charge in [0.25, 0.3) is 5.91 Å². The molecule has 25 heavy (non-hydrogen) atoms. The number of aryl methyl sites for hydroxylation is 1. The van der Waals surface area contributed by atoms with E-state index in [4.69, 9.17) is 9.84 Å². The molecule has 1 amide bonds. The molecule has 0 radical (unpaired) electrons. The van der Waals surface area contributed by atoms with Crippen molar-refractivity contribution in [1.82, 2.24) is 10.2 Å². The van der Waals surface area contributed by atoms with Gasteiger partial charge < -0.3 is 15.2 Å². The summed E-state index contributed by atoms with van der Waals surface area (Å²) in [5, 5.41) is 12.1. The SMILES string of the molecule is COc1cc(C(=O)NC2CC(N(CC(=O)O)CC3CC3)C2)ccc1C. The number of nitrogens with zero attached hydrogens (tertiary/aromatic N) is 1. The molecule has 136 valence electrons. The molecule has 0 saturated heterocycles. The molecule has 2 aliphatic rings. The van der Waals surface area contributed by atoms with E-state index in [1.165, 1.54) is 12.8 Å². The zero-order chi connectivity index (χ0) is 18.0. The summed E-state index contributed by atoms with van der Waals surface area (Å²) in [6, 6.07) is 5.80. The smallest absolute Gasteiger partial charge is 0.317 e. The third-order valence-electron chi connectivity index (χ3n) is 5.16. The molecule has 0 atom stereocenters. The summed E-state index contributed by atoms with van der Waals surface area (Å²) in [6.07, 6.45) is 4.04. The monoisotopic (exact) mass is 346 g/mol. The van der Waals surface area contributed by atoms with Crippen LogP contribution >= 0.6 is 0 Å². The lowest BCUT2D eigenvalue weighted by molar-refractivity contribution is -0.139. The Morgan fingerprint density at radius 3 is 2.64 bits per heavy atom. The molecule has 0 unspecified atom stereocenters. The minimum atomic E-state index is -0.778. The van der Waals surface area contributed by atoms with E-state index in [0.717, 1.165) is 24.9 Å². The van der Waals surface area contributed by atoms with Crippen LogP contribution in [-0.4, -0.2) is 54.2 Å². The van der Waals surface area contributed by atoms with E-state index in [0.29, 0.717) is 17.2 Å². The number of hydrogen-bond acceptors (Lipinski definition) is 4. The molecule has 0 aromatic heterocycles. The molecule has 0 aliphatic heterocycles. The summed E-state index contributed by atoms with van der Waals surface area (Å²) in [7, 11) is 1.59. The van der Waals surface area contributed by atoms with E-state index in [1.54, 1.807) is 19.2 Å². The van der Waals surface area contributed by atoms with Crippen LogP contribution in [0, 0.1) is 12.8 Å². The first-order chi connectivity index (χ1) is 12.0. The quantitative estimate of drug-likeness (QED) is 0.753. The Hall–Kier alpha value is -2.08. The second-order valence-corrected chi connectivity index (χ2v) is 7.25. The van der Waals surface area contributed by atoms with Gasteiger partial charge in [0.05, 0.1) is 13.7 Å². The van der Waals surface area contributed by atoms with Gasteiger partial charge in [0.1, 0.15) is 5.75 Å². The lowest BCUT2D eigenvalue weighted by atomic mass is 9.85. The molecular weight excluding hydrogens is 320 g/mol. The van der Waals surface area contributed by atoms with Crippen molar-refractivity contribution < 1.29 is 19.4 Å². The summed E-state index contributed by atoms with van der Waals surface area (Å²) < 4.78 is 5.27. The third kappa shape index (κ3) is 4.51. The zero-order valence-corrected chi connectivity index (χ0v) is 14.8. The summed E-state index contributed by atoms with van der Waals surface area (Å²) in [6.45, 7) is 2.90. The van der Waals surface area contributed by atoms with E-state index < -0.39 is 5.97 Å². The molecule has 2 saturated carbocycles. The topological polar surface area (TPSA) is 78.9 Å². The number of amides is 1. The maximum Gasteiger partial charge on any atom is 0.317 e. The van der Waals surface area contributed by atoms with Crippen molar-refractivity contribution in [3.05, 3.63) is 29.3 Å². The van der Waals surface area contributed by atoms with Crippen LogP contribution < -0.4 is 10.1 Å². The van der Waals surface area contributed by atoms with E-state index in [2.05, 4.69) is 10.2 Å². The van der Waals surface area contributed by atoms with Crippen molar-refractivity contribution in [1.29, 1.82) is 0 Å². The summed E-state index contributed by atoms with van der Waals surface area (Å²) in [5.74, 6) is 0.484. The van der Waals surface area contributed by atoms with Crippen molar-refractivity contribution in [3.8, 4) is 5.75 Å². The molecule has 0 bridgehead atoms. The first kappa shape index (κ1) is 17.7. The molecule has 0 spiro atoms. The largest absolute Gasteiger partial charge is 0.496 e.